The van der Waals surface area contributed by atoms with Gasteiger partial charge in [0.25, 0.3) is 0 Å². The maximum atomic E-state index is 12.7. The van der Waals surface area contributed by atoms with Gasteiger partial charge >= 0.3 is 0 Å². The number of carbonyl (C=O) groups excluding carboxylic acids is 1. The van der Waals surface area contributed by atoms with Gasteiger partial charge in [-0.05, 0) is 48.9 Å². The number of carbonyl (C=O) groups is 1. The molecule has 9 heteroatoms. The number of ether oxygens (including phenoxy) is 2. The number of hydrogen-bond donors (Lipinski definition) is 3. The highest BCUT2D eigenvalue weighted by Crippen LogP contribution is 2.31. The third-order valence-electron chi connectivity index (χ3n) is 4.65. The highest BCUT2D eigenvalue weighted by molar-refractivity contribution is 7.90. The molecule has 3 aromatic rings. The molecule has 0 aliphatic carbocycles. The zero-order chi connectivity index (χ0) is 20.4. The summed E-state index contributed by atoms with van der Waals surface area (Å²) < 4.78 is 34.7. The van der Waals surface area contributed by atoms with Crippen LogP contribution < -0.4 is 19.5 Å². The largest absolute Gasteiger partial charge is 0.497 e. The lowest BCUT2D eigenvalue weighted by atomic mass is 10.2. The van der Waals surface area contributed by atoms with E-state index in [-0.39, 0.29) is 10.8 Å². The molecule has 2 aromatic carbocycles. The minimum absolute atomic E-state index is 0.230. The Morgan fingerprint density at radius 1 is 1.17 bits per heavy atom. The molecule has 2 heterocycles. The van der Waals surface area contributed by atoms with E-state index in [2.05, 4.69) is 15.0 Å². The molecular formula is C20H20N4O4S. The predicted octanol–water partition coefficient (Wildman–Crippen LogP) is 2.83. The summed E-state index contributed by atoms with van der Waals surface area (Å²) in [6.45, 7) is 0.518. The third-order valence-corrected chi connectivity index (χ3v) is 6.20. The normalized spacial score (nSPS) is 18.2. The van der Waals surface area contributed by atoms with Gasteiger partial charge in [0.05, 0.1) is 17.5 Å². The summed E-state index contributed by atoms with van der Waals surface area (Å²) in [6.07, 6.45) is 2.16. The second-order valence-corrected chi connectivity index (χ2v) is 8.39. The lowest BCUT2D eigenvalue weighted by molar-refractivity contribution is -0.120. The Kier molecular flexibility index (Phi) is 5.08. The van der Waals surface area contributed by atoms with Gasteiger partial charge in [0.2, 0.25) is 5.91 Å². The van der Waals surface area contributed by atoms with E-state index >= 15 is 0 Å². The number of benzene rings is 2. The fourth-order valence-corrected chi connectivity index (χ4v) is 4.40. The zero-order valence-corrected chi connectivity index (χ0v) is 16.5. The monoisotopic (exact) mass is 412 g/mol. The molecule has 0 saturated carbocycles. The summed E-state index contributed by atoms with van der Waals surface area (Å²) in [5.74, 6) is 1.63. The van der Waals surface area contributed by atoms with Crippen LogP contribution in [-0.4, -0.2) is 34.8 Å². The number of rotatable bonds is 6. The number of amides is 1. The lowest BCUT2D eigenvalue weighted by Gasteiger charge is -2.14. The first-order chi connectivity index (χ1) is 14.0. The van der Waals surface area contributed by atoms with E-state index in [1.54, 1.807) is 43.6 Å². The standard InChI is InChI=1S/C20H20N4O4S/c1-27-14-4-7-16-18(12-14)22-11-9-19(16)28-13-2-5-15(6-3-13)29(21,26)24-17-8-10-23-20(17)25/h2-7,9,11-12,17H,8,10H2,1H3,(H,23,25)(H2,21,24,26). The molecule has 1 amide bonds. The molecule has 8 nitrogen and oxygen atoms in total. The van der Waals surface area contributed by atoms with Crippen LogP contribution in [0.25, 0.3) is 10.9 Å². The van der Waals surface area contributed by atoms with Gasteiger partial charge in [0.15, 0.2) is 0 Å². The number of nitrogens with one attached hydrogen (secondary N) is 3. The molecule has 0 bridgehead atoms. The van der Waals surface area contributed by atoms with Crippen LogP contribution >= 0.6 is 0 Å². The van der Waals surface area contributed by atoms with E-state index in [0.717, 1.165) is 10.9 Å². The number of aromatic nitrogens is 1. The molecular weight excluding hydrogens is 392 g/mol. The van der Waals surface area contributed by atoms with Gasteiger partial charge < -0.3 is 14.8 Å². The Morgan fingerprint density at radius 2 is 1.93 bits per heavy atom. The Hall–Kier alpha value is -3.17. The minimum Gasteiger partial charge on any atom is -0.497 e. The van der Waals surface area contributed by atoms with Gasteiger partial charge in [0.1, 0.15) is 33.2 Å². The number of nitrogens with zero attached hydrogens (tertiary/aromatic N) is 1. The third kappa shape index (κ3) is 4.01. The van der Waals surface area contributed by atoms with Crippen LogP contribution in [-0.2, 0) is 14.7 Å². The van der Waals surface area contributed by atoms with Gasteiger partial charge in [-0.15, -0.1) is 0 Å². The quantitative estimate of drug-likeness (QED) is 0.576. The topological polar surface area (TPSA) is 113 Å². The molecule has 1 aromatic heterocycles. The smallest absolute Gasteiger partial charge is 0.238 e. The number of hydrogen-bond acceptors (Lipinski definition) is 6. The Bertz CT molecular complexity index is 1160. The van der Waals surface area contributed by atoms with Crippen LogP contribution in [0.1, 0.15) is 6.42 Å². The van der Waals surface area contributed by atoms with Crippen LogP contribution in [0.15, 0.2) is 59.6 Å². The molecule has 2 unspecified atom stereocenters. The summed E-state index contributed by atoms with van der Waals surface area (Å²) in [4.78, 5) is 16.3. The Balaban J connectivity index is 1.54. The van der Waals surface area contributed by atoms with Gasteiger partial charge in [-0.25, -0.2) is 13.7 Å². The van der Waals surface area contributed by atoms with Crippen molar-refractivity contribution in [1.82, 2.24) is 15.0 Å². The van der Waals surface area contributed by atoms with Crippen molar-refractivity contribution < 1.29 is 18.5 Å². The average molecular weight is 412 g/mol. The van der Waals surface area contributed by atoms with Crippen LogP contribution in [0.4, 0.5) is 0 Å². The van der Waals surface area contributed by atoms with E-state index < -0.39 is 16.0 Å². The first-order valence-electron chi connectivity index (χ1n) is 9.01. The van der Waals surface area contributed by atoms with Gasteiger partial charge in [0, 0.05) is 24.2 Å². The molecule has 1 fully saturated rings. The van der Waals surface area contributed by atoms with Crippen molar-refractivity contribution in [3.8, 4) is 17.2 Å². The van der Waals surface area contributed by atoms with Crippen molar-refractivity contribution in [1.29, 1.82) is 4.78 Å². The van der Waals surface area contributed by atoms with Crippen molar-refractivity contribution in [3.05, 3.63) is 54.7 Å². The van der Waals surface area contributed by atoms with E-state index in [1.807, 2.05) is 18.2 Å². The number of fused-ring (bicyclic) bond motifs is 1. The summed E-state index contributed by atoms with van der Waals surface area (Å²) in [5, 5.41) is 3.49. The van der Waals surface area contributed by atoms with Crippen LogP contribution in [0, 0.1) is 4.78 Å². The van der Waals surface area contributed by atoms with E-state index in [9.17, 15) is 9.00 Å². The average Bonchev–Trinajstić information content (AvgIpc) is 3.12. The highest BCUT2D eigenvalue weighted by Gasteiger charge is 2.27. The van der Waals surface area contributed by atoms with E-state index in [1.165, 1.54) is 0 Å². The maximum absolute atomic E-state index is 12.7. The molecule has 0 spiro atoms. The van der Waals surface area contributed by atoms with Crippen LogP contribution in [0.5, 0.6) is 17.2 Å². The zero-order valence-electron chi connectivity index (χ0n) is 15.7. The second-order valence-electron chi connectivity index (χ2n) is 6.57. The van der Waals surface area contributed by atoms with Gasteiger partial charge in [-0.2, -0.15) is 0 Å². The van der Waals surface area contributed by atoms with Crippen LogP contribution in [0.3, 0.4) is 0 Å². The van der Waals surface area contributed by atoms with Crippen molar-refractivity contribution in [3.63, 3.8) is 0 Å². The number of methoxy groups -OCH3 is 1. The fourth-order valence-electron chi connectivity index (χ4n) is 3.12. The molecule has 1 saturated heterocycles. The first-order valence-corrected chi connectivity index (χ1v) is 10.6. The van der Waals surface area contributed by atoms with E-state index in [4.69, 9.17) is 14.3 Å². The summed E-state index contributed by atoms with van der Waals surface area (Å²) in [6, 6.07) is 13.1. The second kappa shape index (κ2) is 7.69. The highest BCUT2D eigenvalue weighted by atomic mass is 32.2. The SMILES string of the molecule is COc1ccc2c(Oc3ccc(S(=N)(=O)NC4CCNC4=O)cc3)ccnc2c1. The molecule has 0 radical (unpaired) electrons. The molecule has 2 atom stereocenters. The van der Waals surface area contributed by atoms with Crippen molar-refractivity contribution in [2.75, 3.05) is 13.7 Å². The molecule has 150 valence electrons. The molecule has 29 heavy (non-hydrogen) atoms. The molecule has 1 aliphatic rings. The minimum atomic E-state index is -3.30. The van der Waals surface area contributed by atoms with Crippen molar-refractivity contribution >= 4 is 26.7 Å². The predicted molar refractivity (Wildman–Crippen MR) is 108 cm³/mol. The maximum Gasteiger partial charge on any atom is 0.238 e. The number of pyridine rings is 1. The van der Waals surface area contributed by atoms with Gasteiger partial charge in [-0.3, -0.25) is 9.78 Å². The van der Waals surface area contributed by atoms with Crippen molar-refractivity contribution in [2.24, 2.45) is 0 Å². The first kappa shape index (κ1) is 19.2. The summed E-state index contributed by atoms with van der Waals surface area (Å²) in [5.41, 5.74) is 0.742. The fraction of sp³-hybridized carbons (Fsp3) is 0.200. The molecule has 4 rings (SSSR count). The molecule has 1 aliphatic heterocycles. The van der Waals surface area contributed by atoms with Crippen LogP contribution in [0.2, 0.25) is 0 Å². The Morgan fingerprint density at radius 3 is 2.62 bits per heavy atom. The van der Waals surface area contributed by atoms with E-state index in [0.29, 0.717) is 30.2 Å². The lowest BCUT2D eigenvalue weighted by Crippen LogP contribution is -2.39. The Labute approximate surface area is 168 Å². The summed E-state index contributed by atoms with van der Waals surface area (Å²) >= 11 is 0. The van der Waals surface area contributed by atoms with Gasteiger partial charge in [-0.1, -0.05) is 0 Å². The molecule has 3 N–H and O–H groups in total. The van der Waals surface area contributed by atoms with Crippen molar-refractivity contribution in [2.45, 2.75) is 17.4 Å². The summed E-state index contributed by atoms with van der Waals surface area (Å²) in [7, 11) is -1.70.